The molecule has 0 aromatic heterocycles. The van der Waals surface area contributed by atoms with Gasteiger partial charge in [-0.05, 0) is 68.5 Å². The number of aryl methyl sites for hydroxylation is 1. The average Bonchev–Trinajstić information content (AvgIpc) is 2.76. The molecule has 0 saturated carbocycles. The Morgan fingerprint density at radius 2 is 1.90 bits per heavy atom. The van der Waals surface area contributed by atoms with Gasteiger partial charge in [0.2, 0.25) is 5.91 Å². The van der Waals surface area contributed by atoms with E-state index in [9.17, 15) is 4.79 Å². The zero-order valence-corrected chi connectivity index (χ0v) is 17.8. The van der Waals surface area contributed by atoms with E-state index in [1.165, 1.54) is 24.9 Å². The maximum Gasteiger partial charge on any atom is 0.222 e. The fourth-order valence-corrected chi connectivity index (χ4v) is 4.20. The molecule has 156 valence electrons. The number of hydrogen-bond acceptors (Lipinski definition) is 3. The Kier molecular flexibility index (Phi) is 8.12. The lowest BCUT2D eigenvalue weighted by atomic mass is 9.97. The number of rotatable bonds is 9. The highest BCUT2D eigenvalue weighted by Gasteiger charge is 2.22. The second-order valence-corrected chi connectivity index (χ2v) is 8.20. The van der Waals surface area contributed by atoms with Gasteiger partial charge in [0.25, 0.3) is 0 Å². The van der Waals surface area contributed by atoms with E-state index in [0.717, 1.165) is 43.8 Å². The van der Waals surface area contributed by atoms with Gasteiger partial charge in [-0.2, -0.15) is 0 Å². The molecular formula is C25H34N2O2. The van der Waals surface area contributed by atoms with Crippen molar-refractivity contribution in [2.45, 2.75) is 32.1 Å². The van der Waals surface area contributed by atoms with Crippen molar-refractivity contribution >= 4 is 5.91 Å². The van der Waals surface area contributed by atoms with Crippen LogP contribution in [0.15, 0.2) is 54.6 Å². The number of hydrogen-bond donors (Lipinski definition) is 0. The summed E-state index contributed by atoms with van der Waals surface area (Å²) in [6.45, 7) is 3.92. The first kappa shape index (κ1) is 21.4. The third-order valence-electron chi connectivity index (χ3n) is 5.83. The average molecular weight is 395 g/mol. The van der Waals surface area contributed by atoms with Crippen LogP contribution in [0.25, 0.3) is 0 Å². The van der Waals surface area contributed by atoms with Crippen molar-refractivity contribution in [1.29, 1.82) is 0 Å². The number of piperidine rings is 1. The normalized spacial score (nSPS) is 17.1. The zero-order valence-electron chi connectivity index (χ0n) is 17.8. The summed E-state index contributed by atoms with van der Waals surface area (Å²) in [5.74, 6) is 1.68. The minimum absolute atomic E-state index is 0.261. The monoisotopic (exact) mass is 394 g/mol. The summed E-state index contributed by atoms with van der Waals surface area (Å²) in [6.07, 6.45) is 4.66. The molecule has 3 rings (SSSR count). The van der Waals surface area contributed by atoms with Crippen molar-refractivity contribution in [3.63, 3.8) is 0 Å². The molecule has 29 heavy (non-hydrogen) atoms. The largest absolute Gasteiger partial charge is 0.497 e. The van der Waals surface area contributed by atoms with Gasteiger partial charge in [0.15, 0.2) is 0 Å². The number of likely N-dealkylation sites (tertiary alicyclic amines) is 1. The lowest BCUT2D eigenvalue weighted by Gasteiger charge is -2.34. The molecule has 1 aliphatic rings. The van der Waals surface area contributed by atoms with Crippen LogP contribution >= 0.6 is 0 Å². The fraction of sp³-hybridized carbons (Fsp3) is 0.480. The molecule has 0 spiro atoms. The first-order valence-electron chi connectivity index (χ1n) is 10.8. The molecule has 0 bridgehead atoms. The van der Waals surface area contributed by atoms with Gasteiger partial charge in [0, 0.05) is 26.1 Å². The second-order valence-electron chi connectivity index (χ2n) is 8.20. The Hall–Kier alpha value is -2.33. The quantitative estimate of drug-likeness (QED) is 0.643. The second kappa shape index (κ2) is 11.0. The molecule has 0 radical (unpaired) electrons. The van der Waals surface area contributed by atoms with E-state index >= 15 is 0 Å². The summed E-state index contributed by atoms with van der Waals surface area (Å²) in [5.41, 5.74) is 2.44. The lowest BCUT2D eigenvalue weighted by Crippen LogP contribution is -2.42. The summed E-state index contributed by atoms with van der Waals surface area (Å²) in [5, 5.41) is 0. The molecular weight excluding hydrogens is 360 g/mol. The molecule has 1 saturated heterocycles. The van der Waals surface area contributed by atoms with Crippen LogP contribution in [0.4, 0.5) is 0 Å². The molecule has 4 heteroatoms. The van der Waals surface area contributed by atoms with E-state index in [-0.39, 0.29) is 5.91 Å². The van der Waals surface area contributed by atoms with Gasteiger partial charge >= 0.3 is 0 Å². The molecule has 1 heterocycles. The maximum absolute atomic E-state index is 13.1. The van der Waals surface area contributed by atoms with Crippen LogP contribution < -0.4 is 4.74 Å². The smallest absolute Gasteiger partial charge is 0.222 e. The van der Waals surface area contributed by atoms with Crippen molar-refractivity contribution < 1.29 is 9.53 Å². The fourth-order valence-electron chi connectivity index (χ4n) is 4.20. The molecule has 0 N–H and O–H groups in total. The topological polar surface area (TPSA) is 32.8 Å². The first-order valence-corrected chi connectivity index (χ1v) is 10.8. The van der Waals surface area contributed by atoms with Crippen LogP contribution in [-0.2, 0) is 17.6 Å². The molecule has 4 nitrogen and oxygen atoms in total. The van der Waals surface area contributed by atoms with Gasteiger partial charge < -0.3 is 14.5 Å². The standard InChI is InChI=1S/C25H34N2O2/c1-26-16-7-11-23(19-26)20-27(17-15-21-8-4-3-5-9-21)25(28)14-13-22-10-6-12-24(18-22)29-2/h3-6,8-10,12,18,23H,7,11,13-17,19-20H2,1-2H3. The predicted molar refractivity (Wildman–Crippen MR) is 118 cm³/mol. The summed E-state index contributed by atoms with van der Waals surface area (Å²) >= 11 is 0. The molecule has 1 aliphatic heterocycles. The SMILES string of the molecule is COc1cccc(CCC(=O)N(CCc2ccccc2)CC2CCCN(C)C2)c1. The number of nitrogens with zero attached hydrogens (tertiary/aromatic N) is 2. The number of carbonyl (C=O) groups excluding carboxylic acids is 1. The number of carbonyl (C=O) groups is 1. The third-order valence-corrected chi connectivity index (χ3v) is 5.83. The summed E-state index contributed by atoms with van der Waals surface area (Å²) < 4.78 is 5.31. The maximum atomic E-state index is 13.1. The van der Waals surface area contributed by atoms with Gasteiger partial charge in [-0.25, -0.2) is 0 Å². The molecule has 1 amide bonds. The number of benzene rings is 2. The van der Waals surface area contributed by atoms with Crippen LogP contribution in [0.1, 0.15) is 30.4 Å². The lowest BCUT2D eigenvalue weighted by molar-refractivity contribution is -0.132. The third kappa shape index (κ3) is 6.90. The van der Waals surface area contributed by atoms with Crippen molar-refractivity contribution in [3.05, 3.63) is 65.7 Å². The van der Waals surface area contributed by atoms with Crippen LogP contribution in [-0.4, -0.2) is 56.0 Å². The summed E-state index contributed by atoms with van der Waals surface area (Å²) in [6, 6.07) is 18.5. The minimum atomic E-state index is 0.261. The van der Waals surface area contributed by atoms with E-state index < -0.39 is 0 Å². The number of amides is 1. The molecule has 1 fully saturated rings. The van der Waals surface area contributed by atoms with Gasteiger partial charge in [-0.3, -0.25) is 4.79 Å². The van der Waals surface area contributed by atoms with Crippen LogP contribution in [0.3, 0.4) is 0 Å². The van der Waals surface area contributed by atoms with E-state index in [1.54, 1.807) is 7.11 Å². The van der Waals surface area contributed by atoms with Crippen LogP contribution in [0, 0.1) is 5.92 Å². The summed E-state index contributed by atoms with van der Waals surface area (Å²) in [4.78, 5) is 17.6. The highest BCUT2D eigenvalue weighted by molar-refractivity contribution is 5.76. The number of ether oxygens (including phenoxy) is 1. The number of methoxy groups -OCH3 is 1. The van der Waals surface area contributed by atoms with Crippen molar-refractivity contribution in [2.24, 2.45) is 5.92 Å². The van der Waals surface area contributed by atoms with Gasteiger partial charge in [-0.1, -0.05) is 42.5 Å². The molecule has 2 aromatic carbocycles. The highest BCUT2D eigenvalue weighted by atomic mass is 16.5. The van der Waals surface area contributed by atoms with E-state index in [0.29, 0.717) is 12.3 Å². The van der Waals surface area contributed by atoms with Gasteiger partial charge in [-0.15, -0.1) is 0 Å². The minimum Gasteiger partial charge on any atom is -0.497 e. The van der Waals surface area contributed by atoms with Gasteiger partial charge in [0.1, 0.15) is 5.75 Å². The summed E-state index contributed by atoms with van der Waals surface area (Å²) in [7, 11) is 3.86. The van der Waals surface area contributed by atoms with E-state index in [1.807, 2.05) is 24.3 Å². The highest BCUT2D eigenvalue weighted by Crippen LogP contribution is 2.19. The van der Waals surface area contributed by atoms with Crippen molar-refractivity contribution in [1.82, 2.24) is 9.80 Å². The van der Waals surface area contributed by atoms with Gasteiger partial charge in [0.05, 0.1) is 7.11 Å². The van der Waals surface area contributed by atoms with Crippen molar-refractivity contribution in [2.75, 3.05) is 40.3 Å². The zero-order chi connectivity index (χ0) is 20.5. The van der Waals surface area contributed by atoms with E-state index in [4.69, 9.17) is 4.74 Å². The molecule has 1 unspecified atom stereocenters. The van der Waals surface area contributed by atoms with Crippen LogP contribution in [0.2, 0.25) is 0 Å². The Morgan fingerprint density at radius 3 is 2.66 bits per heavy atom. The Morgan fingerprint density at radius 1 is 1.10 bits per heavy atom. The predicted octanol–water partition coefficient (Wildman–Crippen LogP) is 4.04. The molecule has 0 aliphatic carbocycles. The first-order chi connectivity index (χ1) is 14.1. The van der Waals surface area contributed by atoms with Crippen molar-refractivity contribution in [3.8, 4) is 5.75 Å². The van der Waals surface area contributed by atoms with E-state index in [2.05, 4.69) is 47.2 Å². The Labute approximate surface area is 175 Å². The Bertz CT molecular complexity index is 762. The molecule has 2 aromatic rings. The Balaban J connectivity index is 1.60. The molecule has 1 atom stereocenters. The van der Waals surface area contributed by atoms with Crippen LogP contribution in [0.5, 0.6) is 5.75 Å².